The van der Waals surface area contributed by atoms with E-state index >= 15 is 0 Å². The molecule has 1 aliphatic heterocycles. The Balaban J connectivity index is 1.23. The van der Waals surface area contributed by atoms with Crippen molar-refractivity contribution in [2.45, 2.75) is 45.4 Å². The van der Waals surface area contributed by atoms with Gasteiger partial charge in [0.05, 0.1) is 23.3 Å². The lowest BCUT2D eigenvalue weighted by atomic mass is 10.0. The van der Waals surface area contributed by atoms with Crippen LogP contribution in [0.15, 0.2) is 35.8 Å². The number of hydrogen-bond donors (Lipinski definition) is 1. The van der Waals surface area contributed by atoms with Crippen molar-refractivity contribution >= 4 is 38.8 Å². The van der Waals surface area contributed by atoms with Gasteiger partial charge in [0, 0.05) is 48.9 Å². The quantitative estimate of drug-likeness (QED) is 0.450. The monoisotopic (exact) mass is 464 g/mol. The van der Waals surface area contributed by atoms with Gasteiger partial charge in [-0.25, -0.2) is 9.97 Å². The first kappa shape index (κ1) is 20.0. The molecular formula is C23H24N6OS2. The molecule has 0 saturated heterocycles. The molecule has 164 valence electrons. The third-order valence-corrected chi connectivity index (χ3v) is 7.94. The van der Waals surface area contributed by atoms with Crippen LogP contribution in [0, 0.1) is 5.92 Å². The zero-order valence-electron chi connectivity index (χ0n) is 17.7. The number of para-hydroxylation sites is 1. The summed E-state index contributed by atoms with van der Waals surface area (Å²) in [5.74, 6) is 0.610. The number of carbonyl (C=O) groups excluding carboxylic acids is 1. The highest BCUT2D eigenvalue weighted by molar-refractivity contribution is 7.18. The summed E-state index contributed by atoms with van der Waals surface area (Å²) >= 11 is 3.30. The number of benzene rings is 1. The zero-order chi connectivity index (χ0) is 21.5. The van der Waals surface area contributed by atoms with Gasteiger partial charge in [0.1, 0.15) is 10.0 Å². The van der Waals surface area contributed by atoms with Crippen LogP contribution in [0.4, 0.5) is 0 Å². The molecule has 3 aromatic heterocycles. The molecule has 0 unspecified atom stereocenters. The minimum absolute atomic E-state index is 0.104. The van der Waals surface area contributed by atoms with Crippen LogP contribution >= 0.6 is 22.7 Å². The van der Waals surface area contributed by atoms with Crippen LogP contribution in [-0.2, 0) is 32.6 Å². The van der Waals surface area contributed by atoms with Crippen LogP contribution in [0.25, 0.3) is 10.2 Å². The molecule has 7 nitrogen and oxygen atoms in total. The van der Waals surface area contributed by atoms with E-state index in [1.54, 1.807) is 28.9 Å². The molecule has 4 aromatic rings. The van der Waals surface area contributed by atoms with Gasteiger partial charge in [0.25, 0.3) is 5.91 Å². The molecule has 0 atom stereocenters. The molecule has 1 fully saturated rings. The van der Waals surface area contributed by atoms with E-state index in [0.29, 0.717) is 18.2 Å². The van der Waals surface area contributed by atoms with E-state index in [1.165, 1.54) is 23.2 Å². The standard InChI is InChI=1S/C23H24N6OS2/c30-23(25-11-20-24-8-10-31-20)22-16-13-28(9-7-18(16)29(27-22)12-15-5-6-15)14-21-26-17-3-1-2-4-19(17)32-21/h1-4,8,10,15H,5-7,9,11-14H2,(H,25,30). The lowest BCUT2D eigenvalue weighted by Gasteiger charge is -2.26. The summed E-state index contributed by atoms with van der Waals surface area (Å²) in [5, 5.41) is 11.8. The third-order valence-electron chi connectivity index (χ3n) is 6.14. The number of rotatable bonds is 7. The highest BCUT2D eigenvalue weighted by atomic mass is 32.1. The number of fused-ring (bicyclic) bond motifs is 2. The van der Waals surface area contributed by atoms with Gasteiger partial charge in [0.15, 0.2) is 5.69 Å². The summed E-state index contributed by atoms with van der Waals surface area (Å²) in [4.78, 5) is 24.5. The zero-order valence-corrected chi connectivity index (χ0v) is 19.3. The van der Waals surface area contributed by atoms with Gasteiger partial charge in [-0.15, -0.1) is 22.7 Å². The van der Waals surface area contributed by atoms with Crippen molar-refractivity contribution in [2.75, 3.05) is 6.54 Å². The van der Waals surface area contributed by atoms with E-state index in [2.05, 4.69) is 38.1 Å². The van der Waals surface area contributed by atoms with Crippen LogP contribution in [0.1, 0.15) is 44.6 Å². The summed E-state index contributed by atoms with van der Waals surface area (Å²) in [6.07, 6.45) is 5.21. The van der Waals surface area contributed by atoms with Gasteiger partial charge in [0.2, 0.25) is 0 Å². The van der Waals surface area contributed by atoms with Crippen molar-refractivity contribution in [1.82, 2.24) is 30.0 Å². The molecule has 6 rings (SSSR count). The van der Waals surface area contributed by atoms with E-state index in [9.17, 15) is 4.79 Å². The molecule has 0 bridgehead atoms. The summed E-state index contributed by atoms with van der Waals surface area (Å²) < 4.78 is 3.33. The molecule has 9 heteroatoms. The molecule has 0 spiro atoms. The van der Waals surface area contributed by atoms with Gasteiger partial charge < -0.3 is 5.32 Å². The van der Waals surface area contributed by atoms with E-state index in [4.69, 9.17) is 10.1 Å². The maximum absolute atomic E-state index is 13.1. The predicted octanol–water partition coefficient (Wildman–Crippen LogP) is 3.85. The van der Waals surface area contributed by atoms with Crippen molar-refractivity contribution in [2.24, 2.45) is 5.92 Å². The molecule has 4 heterocycles. The SMILES string of the molecule is O=C(NCc1nccs1)c1nn(CC2CC2)c2c1CN(Cc1nc3ccccc3s1)CC2. The summed E-state index contributed by atoms with van der Waals surface area (Å²) in [7, 11) is 0. The molecule has 1 aromatic carbocycles. The number of carbonyl (C=O) groups is 1. The third kappa shape index (κ3) is 4.07. The fraction of sp³-hybridized carbons (Fsp3) is 0.391. The van der Waals surface area contributed by atoms with Gasteiger partial charge in [-0.1, -0.05) is 12.1 Å². The number of nitrogens with zero attached hydrogens (tertiary/aromatic N) is 5. The molecule has 0 radical (unpaired) electrons. The summed E-state index contributed by atoms with van der Waals surface area (Å²) in [6.45, 7) is 3.86. The topological polar surface area (TPSA) is 75.9 Å². The fourth-order valence-corrected chi connectivity index (χ4v) is 5.88. The number of nitrogens with one attached hydrogen (secondary N) is 1. The van der Waals surface area contributed by atoms with Crippen molar-refractivity contribution in [3.05, 3.63) is 62.8 Å². The first-order valence-corrected chi connectivity index (χ1v) is 12.7. The average molecular weight is 465 g/mol. The smallest absolute Gasteiger partial charge is 0.272 e. The molecule has 2 aliphatic rings. The van der Waals surface area contributed by atoms with E-state index in [1.807, 2.05) is 11.4 Å². The Morgan fingerprint density at radius 1 is 1.22 bits per heavy atom. The Hall–Kier alpha value is -2.62. The Morgan fingerprint density at radius 2 is 2.12 bits per heavy atom. The Bertz CT molecular complexity index is 1220. The van der Waals surface area contributed by atoms with Gasteiger partial charge in [-0.2, -0.15) is 5.10 Å². The molecule has 32 heavy (non-hydrogen) atoms. The average Bonchev–Trinajstić information content (AvgIpc) is 3.18. The lowest BCUT2D eigenvalue weighted by molar-refractivity contribution is 0.0942. The highest BCUT2D eigenvalue weighted by Crippen LogP contribution is 2.33. The first-order chi connectivity index (χ1) is 15.7. The van der Waals surface area contributed by atoms with Gasteiger partial charge >= 0.3 is 0 Å². The van der Waals surface area contributed by atoms with Gasteiger partial charge in [-0.3, -0.25) is 14.4 Å². The van der Waals surface area contributed by atoms with E-state index in [-0.39, 0.29) is 5.91 Å². The largest absolute Gasteiger partial charge is 0.344 e. The van der Waals surface area contributed by atoms with Gasteiger partial charge in [-0.05, 0) is 30.9 Å². The van der Waals surface area contributed by atoms with Crippen LogP contribution in [-0.4, -0.2) is 37.1 Å². The second-order valence-electron chi connectivity index (χ2n) is 8.54. The molecular weight excluding hydrogens is 440 g/mol. The first-order valence-electron chi connectivity index (χ1n) is 11.0. The molecule has 1 saturated carbocycles. The Kier molecular flexibility index (Phi) is 5.24. The summed E-state index contributed by atoms with van der Waals surface area (Å²) in [6, 6.07) is 8.28. The number of thiazole rings is 2. The highest BCUT2D eigenvalue weighted by Gasteiger charge is 2.31. The Morgan fingerprint density at radius 3 is 2.94 bits per heavy atom. The predicted molar refractivity (Wildman–Crippen MR) is 126 cm³/mol. The minimum Gasteiger partial charge on any atom is -0.344 e. The Labute approximate surface area is 194 Å². The maximum Gasteiger partial charge on any atom is 0.272 e. The molecule has 1 aliphatic carbocycles. The van der Waals surface area contributed by atoms with Crippen LogP contribution in [0.2, 0.25) is 0 Å². The van der Waals surface area contributed by atoms with Crippen molar-refractivity contribution in [3.8, 4) is 0 Å². The minimum atomic E-state index is -0.104. The van der Waals surface area contributed by atoms with Crippen molar-refractivity contribution in [1.29, 1.82) is 0 Å². The van der Waals surface area contributed by atoms with Crippen molar-refractivity contribution in [3.63, 3.8) is 0 Å². The van der Waals surface area contributed by atoms with Crippen LogP contribution in [0.3, 0.4) is 0 Å². The normalized spacial score (nSPS) is 16.4. The van der Waals surface area contributed by atoms with Crippen LogP contribution < -0.4 is 5.32 Å². The van der Waals surface area contributed by atoms with Crippen molar-refractivity contribution < 1.29 is 4.79 Å². The number of hydrogen-bond acceptors (Lipinski definition) is 7. The lowest BCUT2D eigenvalue weighted by Crippen LogP contribution is -2.32. The van der Waals surface area contributed by atoms with Crippen LogP contribution in [0.5, 0.6) is 0 Å². The second-order valence-corrected chi connectivity index (χ2v) is 10.6. The second kappa shape index (κ2) is 8.38. The molecule has 1 N–H and O–H groups in total. The maximum atomic E-state index is 13.1. The number of amides is 1. The fourth-order valence-electron chi connectivity index (χ4n) is 4.32. The van der Waals surface area contributed by atoms with E-state index in [0.717, 1.165) is 53.7 Å². The van der Waals surface area contributed by atoms with E-state index < -0.39 is 0 Å². The molecule has 1 amide bonds. The summed E-state index contributed by atoms with van der Waals surface area (Å²) in [5.41, 5.74) is 3.95. The number of aromatic nitrogens is 4.